The molecule has 0 aromatic heterocycles. The van der Waals surface area contributed by atoms with Gasteiger partial charge in [-0.3, -0.25) is 4.79 Å². The van der Waals surface area contributed by atoms with E-state index in [1.54, 1.807) is 0 Å². The summed E-state index contributed by atoms with van der Waals surface area (Å²) in [5.41, 5.74) is 0. The molecule has 1 saturated carbocycles. The lowest BCUT2D eigenvalue weighted by atomic mass is 9.87. The van der Waals surface area contributed by atoms with Crippen LogP contribution in [0.15, 0.2) is 0 Å². The number of ketones is 1. The summed E-state index contributed by atoms with van der Waals surface area (Å²) in [6, 6.07) is 1.05. The molecule has 2 fully saturated rings. The molecule has 80 valence electrons. The summed E-state index contributed by atoms with van der Waals surface area (Å²) in [5.74, 6) is 1.17. The number of carbonyl (C=O) groups excluding carboxylic acids is 1. The van der Waals surface area contributed by atoms with E-state index in [9.17, 15) is 4.79 Å². The van der Waals surface area contributed by atoms with Crippen molar-refractivity contribution in [2.45, 2.75) is 58.0 Å². The zero-order valence-electron chi connectivity index (χ0n) is 9.25. The van der Waals surface area contributed by atoms with E-state index >= 15 is 0 Å². The second-order valence-corrected chi connectivity index (χ2v) is 5.07. The zero-order chi connectivity index (χ0) is 10.1. The predicted molar refractivity (Wildman–Crippen MR) is 57.1 cm³/mol. The van der Waals surface area contributed by atoms with Gasteiger partial charge in [0.2, 0.25) is 0 Å². The molecule has 2 heteroatoms. The van der Waals surface area contributed by atoms with E-state index in [4.69, 9.17) is 0 Å². The summed E-state index contributed by atoms with van der Waals surface area (Å²) in [5, 5.41) is 3.56. The summed E-state index contributed by atoms with van der Waals surface area (Å²) >= 11 is 0. The SMILES string of the molecule is CC1CCCC(C(C)C(=O)C2CC2)N1. The lowest BCUT2D eigenvalue weighted by Gasteiger charge is -2.32. The summed E-state index contributed by atoms with van der Waals surface area (Å²) in [6.07, 6.45) is 6.02. The van der Waals surface area contributed by atoms with Gasteiger partial charge in [-0.2, -0.15) is 0 Å². The van der Waals surface area contributed by atoms with Crippen LogP contribution < -0.4 is 5.32 Å². The Bertz CT molecular complexity index is 222. The zero-order valence-corrected chi connectivity index (χ0v) is 9.25. The van der Waals surface area contributed by atoms with Crippen molar-refractivity contribution in [2.75, 3.05) is 0 Å². The highest BCUT2D eigenvalue weighted by molar-refractivity contribution is 5.85. The van der Waals surface area contributed by atoms with E-state index in [0.717, 1.165) is 12.8 Å². The van der Waals surface area contributed by atoms with Gasteiger partial charge in [-0.1, -0.05) is 13.3 Å². The predicted octanol–water partition coefficient (Wildman–Crippen LogP) is 2.13. The minimum atomic E-state index is 0.241. The van der Waals surface area contributed by atoms with Crippen molar-refractivity contribution in [2.24, 2.45) is 11.8 Å². The van der Waals surface area contributed by atoms with Crippen LogP contribution in [0, 0.1) is 11.8 Å². The number of carbonyl (C=O) groups is 1. The molecule has 0 spiro atoms. The van der Waals surface area contributed by atoms with Crippen LogP contribution in [0.1, 0.15) is 46.0 Å². The van der Waals surface area contributed by atoms with Crippen LogP contribution >= 0.6 is 0 Å². The van der Waals surface area contributed by atoms with E-state index in [2.05, 4.69) is 19.2 Å². The molecular weight excluding hydrogens is 174 g/mol. The second kappa shape index (κ2) is 4.01. The Labute approximate surface area is 86.5 Å². The van der Waals surface area contributed by atoms with Crippen LogP contribution in [-0.4, -0.2) is 17.9 Å². The highest BCUT2D eigenvalue weighted by Crippen LogP contribution is 2.34. The molecule has 0 amide bonds. The number of Topliss-reactive ketones (excluding diaryl/α,β-unsaturated/α-hetero) is 1. The summed E-state index contributed by atoms with van der Waals surface area (Å²) in [4.78, 5) is 11.9. The van der Waals surface area contributed by atoms with Crippen LogP contribution in [-0.2, 0) is 4.79 Å². The second-order valence-electron chi connectivity index (χ2n) is 5.07. The fraction of sp³-hybridized carbons (Fsp3) is 0.917. The van der Waals surface area contributed by atoms with Crippen molar-refractivity contribution in [3.8, 4) is 0 Å². The van der Waals surface area contributed by atoms with Crippen molar-refractivity contribution in [3.05, 3.63) is 0 Å². The topological polar surface area (TPSA) is 29.1 Å². The quantitative estimate of drug-likeness (QED) is 0.747. The van der Waals surface area contributed by atoms with Gasteiger partial charge in [0.05, 0.1) is 0 Å². The molecule has 1 N–H and O–H groups in total. The average Bonchev–Trinajstić information content (AvgIpc) is 2.99. The molecule has 1 saturated heterocycles. The highest BCUT2D eigenvalue weighted by atomic mass is 16.1. The van der Waals surface area contributed by atoms with Crippen molar-refractivity contribution < 1.29 is 4.79 Å². The Morgan fingerprint density at radius 2 is 2.00 bits per heavy atom. The standard InChI is InChI=1S/C12H21NO/c1-8-4-3-5-11(13-8)9(2)12(14)10-6-7-10/h8-11,13H,3-7H2,1-2H3. The molecule has 2 aliphatic rings. The lowest BCUT2D eigenvalue weighted by molar-refractivity contribution is -0.124. The Morgan fingerprint density at radius 3 is 2.57 bits per heavy atom. The maximum atomic E-state index is 11.9. The number of piperidine rings is 1. The third-order valence-electron chi connectivity index (χ3n) is 3.68. The molecule has 0 bridgehead atoms. The Balaban J connectivity index is 1.89. The van der Waals surface area contributed by atoms with Crippen molar-refractivity contribution in [3.63, 3.8) is 0 Å². The lowest BCUT2D eigenvalue weighted by Crippen LogP contribution is -2.46. The van der Waals surface area contributed by atoms with Crippen molar-refractivity contribution in [1.82, 2.24) is 5.32 Å². The van der Waals surface area contributed by atoms with Gasteiger partial charge in [0.15, 0.2) is 0 Å². The van der Waals surface area contributed by atoms with Gasteiger partial charge in [0.1, 0.15) is 5.78 Å². The first-order valence-corrected chi connectivity index (χ1v) is 5.98. The maximum Gasteiger partial charge on any atom is 0.140 e. The first kappa shape index (κ1) is 10.2. The molecule has 2 rings (SSSR count). The first-order chi connectivity index (χ1) is 6.68. The van der Waals surface area contributed by atoms with Crippen LogP contribution in [0.25, 0.3) is 0 Å². The van der Waals surface area contributed by atoms with Gasteiger partial charge in [0.25, 0.3) is 0 Å². The molecule has 14 heavy (non-hydrogen) atoms. The molecule has 3 unspecified atom stereocenters. The minimum absolute atomic E-state index is 0.241. The summed E-state index contributed by atoms with van der Waals surface area (Å²) in [7, 11) is 0. The van der Waals surface area contributed by atoms with Gasteiger partial charge < -0.3 is 5.32 Å². The molecule has 2 nitrogen and oxygen atoms in total. The van der Waals surface area contributed by atoms with E-state index in [0.29, 0.717) is 23.8 Å². The van der Waals surface area contributed by atoms with E-state index in [-0.39, 0.29) is 5.92 Å². The fourth-order valence-electron chi connectivity index (χ4n) is 2.51. The smallest absolute Gasteiger partial charge is 0.140 e. The normalized spacial score (nSPS) is 35.3. The molecule has 1 aliphatic heterocycles. The van der Waals surface area contributed by atoms with Crippen LogP contribution in [0.3, 0.4) is 0 Å². The van der Waals surface area contributed by atoms with E-state index in [1.165, 1.54) is 19.3 Å². The van der Waals surface area contributed by atoms with E-state index in [1.807, 2.05) is 0 Å². The van der Waals surface area contributed by atoms with Gasteiger partial charge in [-0.05, 0) is 32.6 Å². The van der Waals surface area contributed by atoms with Crippen LogP contribution in [0.2, 0.25) is 0 Å². The number of hydrogen-bond donors (Lipinski definition) is 1. The summed E-state index contributed by atoms with van der Waals surface area (Å²) < 4.78 is 0. The molecule has 1 aliphatic carbocycles. The third kappa shape index (κ3) is 2.17. The molecule has 0 aromatic carbocycles. The number of nitrogens with one attached hydrogen (secondary N) is 1. The van der Waals surface area contributed by atoms with Crippen molar-refractivity contribution >= 4 is 5.78 Å². The fourth-order valence-corrected chi connectivity index (χ4v) is 2.51. The van der Waals surface area contributed by atoms with Gasteiger partial charge in [-0.15, -0.1) is 0 Å². The Morgan fingerprint density at radius 1 is 1.29 bits per heavy atom. The molecule has 0 radical (unpaired) electrons. The number of rotatable bonds is 3. The number of hydrogen-bond acceptors (Lipinski definition) is 2. The molecule has 0 aromatic rings. The third-order valence-corrected chi connectivity index (χ3v) is 3.68. The van der Waals surface area contributed by atoms with Crippen LogP contribution in [0.4, 0.5) is 0 Å². The van der Waals surface area contributed by atoms with Gasteiger partial charge >= 0.3 is 0 Å². The van der Waals surface area contributed by atoms with Gasteiger partial charge in [0, 0.05) is 23.9 Å². The molecular formula is C12H21NO. The summed E-state index contributed by atoms with van der Waals surface area (Å²) in [6.45, 7) is 4.33. The maximum absolute atomic E-state index is 11.9. The average molecular weight is 195 g/mol. The highest BCUT2D eigenvalue weighted by Gasteiger charge is 2.36. The van der Waals surface area contributed by atoms with Crippen LogP contribution in [0.5, 0.6) is 0 Å². The molecule has 1 heterocycles. The minimum Gasteiger partial charge on any atom is -0.311 e. The largest absolute Gasteiger partial charge is 0.311 e. The first-order valence-electron chi connectivity index (χ1n) is 5.98. The van der Waals surface area contributed by atoms with E-state index < -0.39 is 0 Å². The molecule has 3 atom stereocenters. The Kier molecular flexibility index (Phi) is 2.91. The van der Waals surface area contributed by atoms with Crippen molar-refractivity contribution in [1.29, 1.82) is 0 Å². The monoisotopic (exact) mass is 195 g/mol. The Hall–Kier alpha value is -0.370. The van der Waals surface area contributed by atoms with Gasteiger partial charge in [-0.25, -0.2) is 0 Å².